The number of primary amides is 1. The number of carbonyl (C=O) groups excluding carboxylic acids is 13. The number of fused-ring (bicyclic) bond motifs is 1. The van der Waals surface area contributed by atoms with Crippen LogP contribution in [0.4, 0.5) is 0 Å². The monoisotopic (exact) mass is 1160 g/mol. The molecule has 0 aromatic heterocycles. The third-order valence-corrected chi connectivity index (χ3v) is 13.6. The van der Waals surface area contributed by atoms with E-state index in [0.717, 1.165) is 61.1 Å². The second-order valence-electron chi connectivity index (χ2n) is 17.7. The number of nitrogens with two attached hydrogens (primary N) is 3. The summed E-state index contributed by atoms with van der Waals surface area (Å²) in [5.74, 6) is -15.0. The zero-order valence-electron chi connectivity index (χ0n) is 43.6. The van der Waals surface area contributed by atoms with Gasteiger partial charge in [0, 0.05) is 59.2 Å². The molecule has 79 heavy (non-hydrogen) atoms. The van der Waals surface area contributed by atoms with Crippen molar-refractivity contribution in [1.29, 1.82) is 0 Å². The highest BCUT2D eigenvalue weighted by molar-refractivity contribution is 8.76. The predicted molar refractivity (Wildman–Crippen MR) is 270 cm³/mol. The molecule has 0 spiro atoms. The Morgan fingerprint density at radius 1 is 0.709 bits per heavy atom. The molecule has 0 saturated carbocycles. The Morgan fingerprint density at radius 3 is 1.89 bits per heavy atom. The highest BCUT2D eigenvalue weighted by atomic mass is 33.1. The van der Waals surface area contributed by atoms with Crippen LogP contribution in [0.3, 0.4) is 0 Å². The largest absolute Gasteiger partial charge is 0.481 e. The molecule has 0 bridgehead atoms. The highest BCUT2D eigenvalue weighted by Crippen LogP contribution is 2.31. The summed E-state index contributed by atoms with van der Waals surface area (Å²) in [4.78, 5) is 187. The third kappa shape index (κ3) is 22.8. The third-order valence-electron chi connectivity index (χ3n) is 11.2. The molecule has 3 fully saturated rings. The molecule has 14 N–H and O–H groups in total. The van der Waals surface area contributed by atoms with Crippen molar-refractivity contribution in [1.82, 2.24) is 42.1 Å². The summed E-state index contributed by atoms with van der Waals surface area (Å²) in [5, 5.41) is 26.3. The summed E-state index contributed by atoms with van der Waals surface area (Å²) < 4.78 is 33.3. The number of guanidine groups is 1. The van der Waals surface area contributed by atoms with Gasteiger partial charge in [-0.2, -0.15) is 0 Å². The summed E-state index contributed by atoms with van der Waals surface area (Å²) in [6, 6.07) is -9.49. The van der Waals surface area contributed by atoms with E-state index in [2.05, 4.69) is 42.2 Å². The number of hydrogen-bond acceptors (Lipinski definition) is 23. The summed E-state index contributed by atoms with van der Waals surface area (Å²) in [6.07, 6.45) is -9.78. The SMILES string of the molecule is CC(=O)N[C@@H]1CSSC[C@@H](C(N)=O)NC(=O)[C@@H]2CCCN2C(=O)[C@H](CO[C@@H]2O[C@H](COC(C)=O)[C@@H](OC(C)=O)[C@H](OC(C)=O)[C@H]2OC(C)=O)NC(=O)[C@H](CC(=O)O)NC(=O)CNC(=O)[C@H](CCCN=C(N)N)NC(=O)CNC1=O. The van der Waals surface area contributed by atoms with Gasteiger partial charge < -0.3 is 92.8 Å². The number of nitrogens with one attached hydrogen (secondary N) is 7. The molecule has 33 nitrogen and oxygen atoms in total. The van der Waals surface area contributed by atoms with Crippen LogP contribution in [0.1, 0.15) is 66.7 Å². The van der Waals surface area contributed by atoms with Gasteiger partial charge in [0.2, 0.25) is 53.2 Å². The second kappa shape index (κ2) is 32.4. The first kappa shape index (κ1) is 65.8. The van der Waals surface area contributed by atoms with Crippen LogP contribution in [0.5, 0.6) is 0 Å². The number of carbonyl (C=O) groups is 14. The van der Waals surface area contributed by atoms with Crippen molar-refractivity contribution >= 4 is 111 Å². The fourth-order valence-electron chi connectivity index (χ4n) is 7.82. The number of esters is 4. The van der Waals surface area contributed by atoms with Crippen LogP contribution in [0, 0.1) is 0 Å². The molecule has 35 heteroatoms. The van der Waals surface area contributed by atoms with Crippen molar-refractivity contribution < 1.29 is 101 Å². The molecular weight excluding hydrogens is 1100 g/mol. The lowest BCUT2D eigenvalue weighted by atomic mass is 9.98. The van der Waals surface area contributed by atoms with E-state index in [4.69, 9.17) is 45.6 Å². The molecule has 0 unspecified atom stereocenters. The zero-order valence-corrected chi connectivity index (χ0v) is 45.2. The van der Waals surface area contributed by atoms with Gasteiger partial charge in [-0.3, -0.25) is 72.1 Å². The van der Waals surface area contributed by atoms with Crippen molar-refractivity contribution in [2.75, 3.05) is 50.9 Å². The van der Waals surface area contributed by atoms with Crippen molar-refractivity contribution in [3.63, 3.8) is 0 Å². The van der Waals surface area contributed by atoms with Gasteiger partial charge in [0.05, 0.1) is 26.1 Å². The normalized spacial score (nSPS) is 27.1. The molecule has 9 amide bonds. The number of carboxylic acids is 1. The quantitative estimate of drug-likeness (QED) is 0.0171. The minimum atomic E-state index is -2.04. The van der Waals surface area contributed by atoms with Gasteiger partial charge in [-0.05, 0) is 25.7 Å². The number of aliphatic carboxylic acids is 1. The van der Waals surface area contributed by atoms with Crippen LogP contribution in [0.15, 0.2) is 4.99 Å². The zero-order chi connectivity index (χ0) is 59.1. The molecule has 440 valence electrons. The molecule has 3 heterocycles. The molecule has 3 aliphatic heterocycles. The lowest BCUT2D eigenvalue weighted by molar-refractivity contribution is -0.308. The summed E-state index contributed by atoms with van der Waals surface area (Å²) in [6.45, 7) is 1.48. The van der Waals surface area contributed by atoms with E-state index in [9.17, 15) is 72.2 Å². The average molecular weight is 1160 g/mol. The maximum Gasteiger partial charge on any atom is 0.305 e. The standard InChI is InChI=1S/C44H66N12O21S2/c1-19(57)51-28-18-79-78-17-27(37(45)66)55-41(70)29-9-7-11-56(29)42(71)26(15-73-43-36(76-23(5)61)35(75-22(4)60)34(74-21(3)59)30(77-43)16-72-20(2)58)54-40(69)25(12-33(64)65)53-32(63)14-49-38(67)24(8-6-10-48-44(46)47)52-31(62)13-50-39(28)68/h24-30,34-36,43H,6-18H2,1-5H3,(H2,45,66)(H,49,67)(H,50,68)(H,51,57)(H,52,62)(H,53,63)(H,54,69)(H,55,70)(H,64,65)(H4,46,47,48)/t24-,25-,26-,27-,28+,29-,30+,34+,35-,36+,43+/m0/s1. The number of nitrogens with zero attached hydrogens (tertiary/aromatic N) is 2. The van der Waals surface area contributed by atoms with Gasteiger partial charge in [0.1, 0.15) is 49.0 Å². The number of rotatable bonds is 16. The first-order valence-corrected chi connectivity index (χ1v) is 26.7. The molecule has 11 atom stereocenters. The Labute approximate surface area is 458 Å². The first-order valence-electron chi connectivity index (χ1n) is 24.2. The second-order valence-corrected chi connectivity index (χ2v) is 20.2. The van der Waals surface area contributed by atoms with Crippen LogP contribution in [-0.2, 0) is 95.5 Å². The maximum atomic E-state index is 14.8. The molecule has 3 saturated heterocycles. The number of ether oxygens (including phenoxy) is 6. The van der Waals surface area contributed by atoms with E-state index in [0.29, 0.717) is 0 Å². The van der Waals surface area contributed by atoms with Gasteiger partial charge in [-0.15, -0.1) is 0 Å². The van der Waals surface area contributed by atoms with E-state index in [1.54, 1.807) is 0 Å². The number of aliphatic imine (C=N–C) groups is 1. The number of carboxylic acid groups (broad SMARTS) is 1. The van der Waals surface area contributed by atoms with Gasteiger partial charge >= 0.3 is 29.8 Å². The minimum absolute atomic E-state index is 0.0127. The molecule has 0 aromatic rings. The molecule has 0 aliphatic carbocycles. The Morgan fingerprint density at radius 2 is 1.30 bits per heavy atom. The first-order chi connectivity index (χ1) is 37.2. The average Bonchev–Trinajstić information content (AvgIpc) is 3.87. The Balaban J connectivity index is 2.13. The molecule has 0 aromatic carbocycles. The van der Waals surface area contributed by atoms with E-state index in [1.807, 2.05) is 0 Å². The molecule has 3 rings (SSSR count). The van der Waals surface area contributed by atoms with Gasteiger partial charge in [-0.1, -0.05) is 21.6 Å². The smallest absolute Gasteiger partial charge is 0.305 e. The van der Waals surface area contributed by atoms with E-state index < -0.39 is 183 Å². The summed E-state index contributed by atoms with van der Waals surface area (Å²) >= 11 is 0. The van der Waals surface area contributed by atoms with Gasteiger partial charge in [-0.25, -0.2) is 0 Å². The minimum Gasteiger partial charge on any atom is -0.481 e. The van der Waals surface area contributed by atoms with Crippen molar-refractivity contribution in [3.8, 4) is 0 Å². The number of amides is 9. The Kier molecular flexibility index (Phi) is 27.0. The summed E-state index contributed by atoms with van der Waals surface area (Å²) in [5.41, 5.74) is 16.4. The van der Waals surface area contributed by atoms with Crippen molar-refractivity contribution in [2.24, 2.45) is 22.2 Å². The lowest BCUT2D eigenvalue weighted by Gasteiger charge is -2.44. The van der Waals surface area contributed by atoms with Crippen LogP contribution in [0.25, 0.3) is 0 Å². The lowest BCUT2D eigenvalue weighted by Crippen LogP contribution is -2.64. The number of hydrogen-bond donors (Lipinski definition) is 11. The van der Waals surface area contributed by atoms with E-state index >= 15 is 0 Å². The van der Waals surface area contributed by atoms with Crippen LogP contribution < -0.4 is 54.4 Å². The van der Waals surface area contributed by atoms with Crippen LogP contribution in [-0.4, -0.2) is 217 Å². The van der Waals surface area contributed by atoms with E-state index in [-0.39, 0.29) is 56.2 Å². The predicted octanol–water partition coefficient (Wildman–Crippen LogP) is -6.84. The Hall–Kier alpha value is -7.53. The fourth-order valence-corrected chi connectivity index (χ4v) is 10.2. The summed E-state index contributed by atoms with van der Waals surface area (Å²) in [7, 11) is 1.92. The topological polar surface area (TPSA) is 492 Å². The maximum absolute atomic E-state index is 14.8. The highest BCUT2D eigenvalue weighted by Gasteiger charge is 2.53. The van der Waals surface area contributed by atoms with Crippen LogP contribution in [0.2, 0.25) is 0 Å². The Bertz CT molecular complexity index is 2330. The molecule has 0 radical (unpaired) electrons. The molecule has 3 aliphatic rings. The van der Waals surface area contributed by atoms with Gasteiger partial charge in [0.15, 0.2) is 30.6 Å². The van der Waals surface area contributed by atoms with Crippen molar-refractivity contribution in [2.45, 2.75) is 134 Å². The van der Waals surface area contributed by atoms with Crippen LogP contribution >= 0.6 is 21.6 Å². The van der Waals surface area contributed by atoms with E-state index in [1.165, 1.54) is 0 Å². The fraction of sp³-hybridized carbons (Fsp3) is 0.659. The molecular formula is C44H66N12O21S2. The van der Waals surface area contributed by atoms with Gasteiger partial charge in [0.25, 0.3) is 0 Å². The van der Waals surface area contributed by atoms with Crippen molar-refractivity contribution in [3.05, 3.63) is 0 Å².